The predicted octanol–water partition coefficient (Wildman–Crippen LogP) is 1.54. The van der Waals surface area contributed by atoms with Crippen molar-refractivity contribution in [2.24, 2.45) is 5.14 Å². The van der Waals surface area contributed by atoms with Gasteiger partial charge in [0.05, 0.1) is 16.1 Å². The fourth-order valence-electron chi connectivity index (χ4n) is 1.85. The van der Waals surface area contributed by atoms with Crippen LogP contribution >= 0.6 is 0 Å². The van der Waals surface area contributed by atoms with Crippen LogP contribution in [0.4, 0.5) is 5.69 Å². The second kappa shape index (κ2) is 4.35. The van der Waals surface area contributed by atoms with Crippen LogP contribution in [0.5, 0.6) is 0 Å². The number of nitro groups is 1. The fraction of sp³-hybridized carbons (Fsp3) is 0.0909. The van der Waals surface area contributed by atoms with Crippen LogP contribution in [0.15, 0.2) is 36.4 Å². The molecule has 2 rings (SSSR count). The van der Waals surface area contributed by atoms with Crippen molar-refractivity contribution in [3.8, 4) is 0 Å². The molecule has 7 heteroatoms. The van der Waals surface area contributed by atoms with Crippen molar-refractivity contribution < 1.29 is 13.3 Å². The molecular weight excluding hydrogens is 256 g/mol. The number of sulfonamides is 1. The van der Waals surface area contributed by atoms with E-state index in [1.807, 2.05) is 0 Å². The highest BCUT2D eigenvalue weighted by Gasteiger charge is 2.15. The Hall–Kier alpha value is -1.99. The summed E-state index contributed by atoms with van der Waals surface area (Å²) in [6.07, 6.45) is 0. The Labute approximate surface area is 103 Å². The van der Waals surface area contributed by atoms with Gasteiger partial charge in [0.25, 0.3) is 5.69 Å². The van der Waals surface area contributed by atoms with Gasteiger partial charge in [-0.3, -0.25) is 10.1 Å². The molecule has 0 heterocycles. The maximum atomic E-state index is 11.1. The molecule has 6 nitrogen and oxygen atoms in total. The maximum absolute atomic E-state index is 11.1. The summed E-state index contributed by atoms with van der Waals surface area (Å²) in [5, 5.41) is 16.8. The molecule has 0 aliphatic rings. The third-order valence-electron chi connectivity index (χ3n) is 2.54. The van der Waals surface area contributed by atoms with Gasteiger partial charge in [0.1, 0.15) is 0 Å². The number of benzene rings is 2. The molecule has 0 spiro atoms. The van der Waals surface area contributed by atoms with Crippen LogP contribution in [0.1, 0.15) is 5.56 Å². The normalized spacial score (nSPS) is 11.6. The third kappa shape index (κ3) is 2.47. The van der Waals surface area contributed by atoms with E-state index in [1.54, 1.807) is 24.3 Å². The maximum Gasteiger partial charge on any atom is 0.277 e. The largest absolute Gasteiger partial charge is 0.277 e. The van der Waals surface area contributed by atoms with E-state index in [9.17, 15) is 18.5 Å². The summed E-state index contributed by atoms with van der Waals surface area (Å²) < 4.78 is 22.2. The first-order valence-corrected chi connectivity index (χ1v) is 6.75. The van der Waals surface area contributed by atoms with Gasteiger partial charge in [-0.25, -0.2) is 13.6 Å². The van der Waals surface area contributed by atoms with Gasteiger partial charge in [-0.05, 0) is 17.0 Å². The van der Waals surface area contributed by atoms with E-state index < -0.39 is 14.9 Å². The molecule has 0 amide bonds. The van der Waals surface area contributed by atoms with Gasteiger partial charge in [-0.1, -0.05) is 24.3 Å². The zero-order valence-corrected chi connectivity index (χ0v) is 10.1. The third-order valence-corrected chi connectivity index (χ3v) is 3.26. The highest BCUT2D eigenvalue weighted by molar-refractivity contribution is 7.88. The number of hydrogen-bond acceptors (Lipinski definition) is 4. The molecule has 0 atom stereocenters. The quantitative estimate of drug-likeness (QED) is 0.672. The van der Waals surface area contributed by atoms with Crippen LogP contribution < -0.4 is 5.14 Å². The molecule has 0 saturated carbocycles. The van der Waals surface area contributed by atoms with Crippen molar-refractivity contribution in [2.45, 2.75) is 5.75 Å². The molecule has 0 aliphatic heterocycles. The minimum Gasteiger partial charge on any atom is -0.258 e. The molecule has 2 aromatic carbocycles. The summed E-state index contributed by atoms with van der Waals surface area (Å²) in [5.74, 6) is -0.342. The second-order valence-corrected chi connectivity index (χ2v) is 5.47. The van der Waals surface area contributed by atoms with Crippen molar-refractivity contribution >= 4 is 26.5 Å². The first kappa shape index (κ1) is 12.5. The number of hydrogen-bond donors (Lipinski definition) is 1. The highest BCUT2D eigenvalue weighted by atomic mass is 32.2. The lowest BCUT2D eigenvalue weighted by Crippen LogP contribution is -2.14. The molecule has 0 radical (unpaired) electrons. The lowest BCUT2D eigenvalue weighted by Gasteiger charge is -2.05. The lowest BCUT2D eigenvalue weighted by molar-refractivity contribution is -0.383. The number of non-ortho nitro benzene ring substituents is 1. The topological polar surface area (TPSA) is 103 Å². The summed E-state index contributed by atoms with van der Waals surface area (Å²) in [5.41, 5.74) is 0.405. The number of nitrogens with two attached hydrogens (primary N) is 1. The van der Waals surface area contributed by atoms with E-state index in [-0.39, 0.29) is 11.4 Å². The number of rotatable bonds is 3. The van der Waals surface area contributed by atoms with Crippen LogP contribution in [0.25, 0.3) is 10.8 Å². The predicted molar refractivity (Wildman–Crippen MR) is 67.4 cm³/mol. The molecule has 2 N–H and O–H groups in total. The van der Waals surface area contributed by atoms with Crippen molar-refractivity contribution in [2.75, 3.05) is 0 Å². The van der Waals surface area contributed by atoms with Crippen LogP contribution in [0.2, 0.25) is 0 Å². The van der Waals surface area contributed by atoms with Crippen LogP contribution in [0.3, 0.4) is 0 Å². The number of primary sulfonamides is 1. The molecule has 2 aromatic rings. The lowest BCUT2D eigenvalue weighted by atomic mass is 10.0. The molecule has 0 fully saturated rings. The van der Waals surface area contributed by atoms with Gasteiger partial charge in [-0.15, -0.1) is 0 Å². The van der Waals surface area contributed by atoms with E-state index in [4.69, 9.17) is 5.14 Å². The van der Waals surface area contributed by atoms with E-state index in [2.05, 4.69) is 0 Å². The molecule has 18 heavy (non-hydrogen) atoms. The summed E-state index contributed by atoms with van der Waals surface area (Å²) in [6.45, 7) is 0. The second-order valence-electron chi connectivity index (χ2n) is 3.85. The minimum absolute atomic E-state index is 0.0521. The fourth-order valence-corrected chi connectivity index (χ4v) is 2.53. The zero-order chi connectivity index (χ0) is 13.3. The molecule has 94 valence electrons. The Bertz CT molecular complexity index is 725. The Balaban J connectivity index is 2.72. The summed E-state index contributed by atoms with van der Waals surface area (Å²) >= 11 is 0. The van der Waals surface area contributed by atoms with E-state index >= 15 is 0 Å². The SMILES string of the molecule is NS(=O)(=O)Cc1ccc([N+](=O)[O-])c2ccccc12. The van der Waals surface area contributed by atoms with Gasteiger partial charge >= 0.3 is 0 Å². The molecule has 0 saturated heterocycles. The van der Waals surface area contributed by atoms with Gasteiger partial charge in [0.2, 0.25) is 10.0 Å². The van der Waals surface area contributed by atoms with Crippen LogP contribution in [-0.2, 0) is 15.8 Å². The summed E-state index contributed by atoms with van der Waals surface area (Å²) in [7, 11) is -3.67. The minimum atomic E-state index is -3.67. The van der Waals surface area contributed by atoms with Crippen molar-refractivity contribution in [1.82, 2.24) is 0 Å². The summed E-state index contributed by atoms with van der Waals surface area (Å²) in [4.78, 5) is 10.4. The molecule has 0 aliphatic carbocycles. The van der Waals surface area contributed by atoms with Gasteiger partial charge in [-0.2, -0.15) is 0 Å². The Morgan fingerprint density at radius 2 is 1.72 bits per heavy atom. The monoisotopic (exact) mass is 266 g/mol. The number of fused-ring (bicyclic) bond motifs is 1. The van der Waals surface area contributed by atoms with Gasteiger partial charge < -0.3 is 0 Å². The van der Waals surface area contributed by atoms with Crippen molar-refractivity contribution in [3.63, 3.8) is 0 Å². The standard InChI is InChI=1S/C11H10N2O4S/c12-18(16,17)7-8-5-6-11(13(14)15)10-4-2-1-3-9(8)10/h1-6H,7H2,(H2,12,16,17). The Morgan fingerprint density at radius 1 is 1.11 bits per heavy atom. The molecular formula is C11H10N2O4S. The van der Waals surface area contributed by atoms with Crippen LogP contribution in [0, 0.1) is 10.1 Å². The van der Waals surface area contributed by atoms with E-state index in [0.29, 0.717) is 16.3 Å². The first-order chi connectivity index (χ1) is 8.38. The molecule has 0 aromatic heterocycles. The zero-order valence-electron chi connectivity index (χ0n) is 9.24. The number of nitrogens with zero attached hydrogens (tertiary/aromatic N) is 1. The summed E-state index contributed by atoms with van der Waals surface area (Å²) in [6, 6.07) is 9.30. The number of nitro benzene ring substituents is 1. The Kier molecular flexibility index (Phi) is 3.02. The smallest absolute Gasteiger partial charge is 0.258 e. The molecule has 0 unspecified atom stereocenters. The first-order valence-electron chi connectivity index (χ1n) is 5.04. The van der Waals surface area contributed by atoms with E-state index in [0.717, 1.165) is 0 Å². The Morgan fingerprint density at radius 3 is 2.28 bits per heavy atom. The van der Waals surface area contributed by atoms with Gasteiger partial charge in [0, 0.05) is 6.07 Å². The van der Waals surface area contributed by atoms with Crippen molar-refractivity contribution in [1.29, 1.82) is 0 Å². The van der Waals surface area contributed by atoms with Crippen LogP contribution in [-0.4, -0.2) is 13.3 Å². The van der Waals surface area contributed by atoms with Gasteiger partial charge in [0.15, 0.2) is 0 Å². The average Bonchev–Trinajstić information content (AvgIpc) is 2.27. The van der Waals surface area contributed by atoms with E-state index in [1.165, 1.54) is 12.1 Å². The molecule has 0 bridgehead atoms. The average molecular weight is 266 g/mol. The van der Waals surface area contributed by atoms with Crippen molar-refractivity contribution in [3.05, 3.63) is 52.1 Å². The highest BCUT2D eigenvalue weighted by Crippen LogP contribution is 2.28.